The third-order valence-electron chi connectivity index (χ3n) is 6.96. The van der Waals surface area contributed by atoms with Gasteiger partial charge in [-0.2, -0.15) is 5.10 Å². The zero-order valence-electron chi connectivity index (χ0n) is 20.0. The number of rotatable bonds is 6. The number of likely N-dealkylation sites (tertiary alicyclic amines) is 1. The molecule has 0 amide bonds. The molecule has 8 heteroatoms. The van der Waals surface area contributed by atoms with Crippen molar-refractivity contribution in [1.82, 2.24) is 24.6 Å². The first-order valence-electron chi connectivity index (χ1n) is 11.9. The molecule has 2 aliphatic rings. The third kappa shape index (κ3) is 4.74. The molecule has 2 saturated heterocycles. The molecule has 3 aromatic rings. The number of aromatic nitrogens is 4. The monoisotopic (exact) mass is 450 g/mol. The Hall–Kier alpha value is -2.55. The topological polar surface area (TPSA) is 88.3 Å². The SMILES string of the molecule is Cc1cc2cnc(Nc3cnn(CC(C)(C)O)c3C)nc2cc1C1CCN(C2COC2)CC1. The van der Waals surface area contributed by atoms with Gasteiger partial charge < -0.3 is 15.2 Å². The molecule has 33 heavy (non-hydrogen) atoms. The summed E-state index contributed by atoms with van der Waals surface area (Å²) in [4.78, 5) is 11.9. The van der Waals surface area contributed by atoms with Crippen LogP contribution in [0.25, 0.3) is 10.9 Å². The van der Waals surface area contributed by atoms with Gasteiger partial charge in [0.25, 0.3) is 0 Å². The lowest BCUT2D eigenvalue weighted by Crippen LogP contribution is -2.51. The molecule has 0 radical (unpaired) electrons. The van der Waals surface area contributed by atoms with E-state index >= 15 is 0 Å². The van der Waals surface area contributed by atoms with Gasteiger partial charge in [0, 0.05) is 11.6 Å². The number of nitrogens with one attached hydrogen (secondary N) is 1. The summed E-state index contributed by atoms with van der Waals surface area (Å²) < 4.78 is 7.17. The van der Waals surface area contributed by atoms with Crippen molar-refractivity contribution in [2.75, 3.05) is 31.6 Å². The van der Waals surface area contributed by atoms with Crippen LogP contribution in [-0.2, 0) is 11.3 Å². The maximum atomic E-state index is 10.1. The van der Waals surface area contributed by atoms with Crippen molar-refractivity contribution in [2.45, 2.75) is 64.6 Å². The lowest BCUT2D eigenvalue weighted by molar-refractivity contribution is -0.0712. The highest BCUT2D eigenvalue weighted by molar-refractivity contribution is 5.81. The number of ether oxygens (including phenoxy) is 1. The molecule has 4 heterocycles. The summed E-state index contributed by atoms with van der Waals surface area (Å²) in [5, 5.41) is 18.9. The van der Waals surface area contributed by atoms with E-state index < -0.39 is 5.60 Å². The Morgan fingerprint density at radius 3 is 2.58 bits per heavy atom. The van der Waals surface area contributed by atoms with E-state index in [0.29, 0.717) is 24.5 Å². The lowest BCUT2D eigenvalue weighted by atomic mass is 9.85. The molecule has 8 nitrogen and oxygen atoms in total. The van der Waals surface area contributed by atoms with E-state index in [1.807, 2.05) is 13.1 Å². The van der Waals surface area contributed by atoms with E-state index in [0.717, 1.165) is 48.6 Å². The Kier molecular flexibility index (Phi) is 5.84. The van der Waals surface area contributed by atoms with Crippen molar-refractivity contribution in [3.05, 3.63) is 41.3 Å². The van der Waals surface area contributed by atoms with Gasteiger partial charge in [0.1, 0.15) is 0 Å². The van der Waals surface area contributed by atoms with Crippen LogP contribution in [0.4, 0.5) is 11.6 Å². The molecule has 0 bridgehead atoms. The normalized spacial score (nSPS) is 18.6. The number of piperidine rings is 1. The Bertz CT molecular complexity index is 1140. The third-order valence-corrected chi connectivity index (χ3v) is 6.96. The van der Waals surface area contributed by atoms with Crippen LogP contribution in [0, 0.1) is 13.8 Å². The van der Waals surface area contributed by atoms with E-state index in [2.05, 4.69) is 39.4 Å². The minimum atomic E-state index is -0.830. The summed E-state index contributed by atoms with van der Waals surface area (Å²) in [5.74, 6) is 1.13. The zero-order chi connectivity index (χ0) is 23.2. The van der Waals surface area contributed by atoms with Crippen LogP contribution in [0.1, 0.15) is 49.4 Å². The first kappa shape index (κ1) is 22.3. The first-order chi connectivity index (χ1) is 15.8. The molecule has 2 aliphatic heterocycles. The van der Waals surface area contributed by atoms with E-state index in [4.69, 9.17) is 9.72 Å². The van der Waals surface area contributed by atoms with Crippen molar-refractivity contribution in [3.63, 3.8) is 0 Å². The molecule has 2 aromatic heterocycles. The predicted octanol–water partition coefficient (Wildman–Crippen LogP) is 3.54. The fraction of sp³-hybridized carbons (Fsp3) is 0.560. The number of benzene rings is 1. The largest absolute Gasteiger partial charge is 0.389 e. The summed E-state index contributed by atoms with van der Waals surface area (Å²) in [6.07, 6.45) is 6.00. The molecule has 0 aliphatic carbocycles. The van der Waals surface area contributed by atoms with Gasteiger partial charge in [0.15, 0.2) is 0 Å². The number of fused-ring (bicyclic) bond motifs is 1. The van der Waals surface area contributed by atoms with Crippen LogP contribution >= 0.6 is 0 Å². The smallest absolute Gasteiger partial charge is 0.227 e. The van der Waals surface area contributed by atoms with Gasteiger partial charge in [-0.05, 0) is 82.8 Å². The Labute approximate surface area is 195 Å². The molecular formula is C25H34N6O2. The molecule has 0 saturated carbocycles. The highest BCUT2D eigenvalue weighted by atomic mass is 16.5. The van der Waals surface area contributed by atoms with Crippen LogP contribution in [0.15, 0.2) is 24.5 Å². The quantitative estimate of drug-likeness (QED) is 0.594. The van der Waals surface area contributed by atoms with Crippen LogP contribution in [0.3, 0.4) is 0 Å². The van der Waals surface area contributed by atoms with E-state index in [1.54, 1.807) is 24.7 Å². The standard InChI is InChI=1S/C25H34N6O2/c1-16-9-19-11-26-24(29-23-12-27-31(17(23)2)15-25(3,4)32)28-22(19)10-21(16)18-5-7-30(8-6-18)20-13-33-14-20/h9-12,18,20,32H,5-8,13-15H2,1-4H3,(H,26,28,29). The van der Waals surface area contributed by atoms with E-state index in [-0.39, 0.29) is 0 Å². The summed E-state index contributed by atoms with van der Waals surface area (Å²) in [6, 6.07) is 5.10. The second-order valence-electron chi connectivity index (χ2n) is 10.2. The fourth-order valence-corrected chi connectivity index (χ4v) is 4.93. The summed E-state index contributed by atoms with van der Waals surface area (Å²) >= 11 is 0. The molecule has 1 aromatic carbocycles. The molecule has 176 valence electrons. The second kappa shape index (κ2) is 8.66. The molecule has 0 unspecified atom stereocenters. The van der Waals surface area contributed by atoms with Crippen molar-refractivity contribution in [1.29, 1.82) is 0 Å². The van der Waals surface area contributed by atoms with Crippen LogP contribution in [0.2, 0.25) is 0 Å². The van der Waals surface area contributed by atoms with E-state index in [1.165, 1.54) is 24.0 Å². The van der Waals surface area contributed by atoms with Crippen LogP contribution < -0.4 is 5.32 Å². The van der Waals surface area contributed by atoms with Crippen molar-refractivity contribution < 1.29 is 9.84 Å². The van der Waals surface area contributed by atoms with E-state index in [9.17, 15) is 5.11 Å². The molecule has 5 rings (SSSR count). The number of hydrogen-bond acceptors (Lipinski definition) is 7. The minimum absolute atomic E-state index is 0.425. The predicted molar refractivity (Wildman–Crippen MR) is 129 cm³/mol. The molecule has 0 atom stereocenters. The van der Waals surface area contributed by atoms with Gasteiger partial charge in [0.2, 0.25) is 5.95 Å². The van der Waals surface area contributed by atoms with Gasteiger partial charge in [-0.3, -0.25) is 9.58 Å². The van der Waals surface area contributed by atoms with Crippen molar-refractivity contribution >= 4 is 22.5 Å². The minimum Gasteiger partial charge on any atom is -0.389 e. The summed E-state index contributed by atoms with van der Waals surface area (Å²) in [5.41, 5.74) is 4.65. The maximum absolute atomic E-state index is 10.1. The average molecular weight is 451 g/mol. The van der Waals surface area contributed by atoms with Gasteiger partial charge in [-0.25, -0.2) is 9.97 Å². The summed E-state index contributed by atoms with van der Waals surface area (Å²) in [7, 11) is 0. The molecular weight excluding hydrogens is 416 g/mol. The number of aryl methyl sites for hydroxylation is 1. The Morgan fingerprint density at radius 1 is 1.15 bits per heavy atom. The maximum Gasteiger partial charge on any atom is 0.227 e. The highest BCUT2D eigenvalue weighted by Crippen LogP contribution is 2.34. The fourth-order valence-electron chi connectivity index (χ4n) is 4.93. The lowest BCUT2D eigenvalue weighted by Gasteiger charge is -2.41. The zero-order valence-corrected chi connectivity index (χ0v) is 20.0. The Morgan fingerprint density at radius 2 is 1.91 bits per heavy atom. The van der Waals surface area contributed by atoms with Gasteiger partial charge in [-0.15, -0.1) is 0 Å². The average Bonchev–Trinajstić information content (AvgIpc) is 3.05. The Balaban J connectivity index is 1.34. The van der Waals surface area contributed by atoms with Crippen molar-refractivity contribution in [3.8, 4) is 0 Å². The van der Waals surface area contributed by atoms with Gasteiger partial charge in [-0.1, -0.05) is 0 Å². The first-order valence-corrected chi connectivity index (χ1v) is 11.9. The van der Waals surface area contributed by atoms with Crippen LogP contribution in [-0.4, -0.2) is 67.7 Å². The number of hydrogen-bond donors (Lipinski definition) is 2. The van der Waals surface area contributed by atoms with Gasteiger partial charge >= 0.3 is 0 Å². The number of aliphatic hydroxyl groups is 1. The number of anilines is 2. The highest BCUT2D eigenvalue weighted by Gasteiger charge is 2.30. The summed E-state index contributed by atoms with van der Waals surface area (Å²) in [6.45, 7) is 12.2. The van der Waals surface area contributed by atoms with Crippen molar-refractivity contribution in [2.24, 2.45) is 0 Å². The molecule has 2 fully saturated rings. The second-order valence-corrected chi connectivity index (χ2v) is 10.2. The van der Waals surface area contributed by atoms with Crippen LogP contribution in [0.5, 0.6) is 0 Å². The number of nitrogens with zero attached hydrogens (tertiary/aromatic N) is 5. The van der Waals surface area contributed by atoms with Gasteiger partial charge in [0.05, 0.1) is 54.5 Å². The molecule has 2 N–H and O–H groups in total. The molecule has 0 spiro atoms.